The number of pyridine rings is 1. The summed E-state index contributed by atoms with van der Waals surface area (Å²) in [7, 11) is 0. The van der Waals surface area contributed by atoms with Crippen molar-refractivity contribution in [2.45, 2.75) is 65.1 Å². The molecule has 0 radical (unpaired) electrons. The minimum atomic E-state index is -0.887. The number of allylic oxidation sites excluding steroid dienone is 1. The molecule has 7 nitrogen and oxygen atoms in total. The third-order valence-electron chi connectivity index (χ3n) is 5.27. The molecule has 1 atom stereocenters. The van der Waals surface area contributed by atoms with Gasteiger partial charge in [-0.1, -0.05) is 25.1 Å². The molecule has 1 unspecified atom stereocenters. The van der Waals surface area contributed by atoms with Crippen LogP contribution in [0.15, 0.2) is 42.5 Å². The maximum Gasteiger partial charge on any atom is 0.306 e. The molecular formula is C26H31N3O4. The molecule has 3 rings (SSSR count). The summed E-state index contributed by atoms with van der Waals surface area (Å²) in [6.07, 6.45) is 5.07. The van der Waals surface area contributed by atoms with Gasteiger partial charge < -0.3 is 15.4 Å². The molecular weight excluding hydrogens is 418 g/mol. The van der Waals surface area contributed by atoms with E-state index in [0.717, 1.165) is 28.9 Å². The molecule has 0 spiro atoms. The minimum absolute atomic E-state index is 0.00174. The molecule has 7 heteroatoms. The Labute approximate surface area is 194 Å². The molecule has 0 fully saturated rings. The molecule has 0 saturated heterocycles. The fourth-order valence-corrected chi connectivity index (χ4v) is 3.80. The van der Waals surface area contributed by atoms with Gasteiger partial charge in [0.15, 0.2) is 0 Å². The van der Waals surface area contributed by atoms with E-state index in [1.54, 1.807) is 26.8 Å². The van der Waals surface area contributed by atoms with Crippen LogP contribution in [0.4, 0.5) is 0 Å². The maximum absolute atomic E-state index is 13.0. The summed E-state index contributed by atoms with van der Waals surface area (Å²) in [5, 5.41) is 0. The Balaban J connectivity index is 1.78. The van der Waals surface area contributed by atoms with Crippen LogP contribution in [0.25, 0.3) is 17.3 Å². The standard InChI is InChI=1S/C26H31N3O4/c1-5-6-8-19-9-7-10-21(28-19)17-11-12-20-18(15-17)16-29(25(20)32)22(24(27)31)13-14-23(30)33-26(2,3)4/h6-12,15,22H,5,13-14,16H2,1-4H3,(H2,27,31)/b8-6+. The number of hydrogen-bond donors (Lipinski definition) is 1. The topological polar surface area (TPSA) is 103 Å². The van der Waals surface area contributed by atoms with E-state index in [2.05, 4.69) is 11.9 Å². The number of esters is 1. The SMILES string of the molecule is CC/C=C/c1cccc(-c2ccc3c(c2)CN(C(CCC(=O)OC(C)(C)C)C(N)=O)C3=O)n1. The van der Waals surface area contributed by atoms with Gasteiger partial charge in [0, 0.05) is 24.1 Å². The zero-order chi connectivity index (χ0) is 24.2. The molecule has 2 N–H and O–H groups in total. The van der Waals surface area contributed by atoms with E-state index in [1.165, 1.54) is 4.90 Å². The molecule has 1 aromatic heterocycles. The molecule has 174 valence electrons. The van der Waals surface area contributed by atoms with Crippen molar-refractivity contribution < 1.29 is 19.1 Å². The first-order valence-electron chi connectivity index (χ1n) is 11.2. The number of amides is 2. The Hall–Kier alpha value is -3.48. The van der Waals surface area contributed by atoms with Crippen molar-refractivity contribution in [3.8, 4) is 11.3 Å². The number of nitrogens with zero attached hydrogens (tertiary/aromatic N) is 2. The van der Waals surface area contributed by atoms with Gasteiger partial charge in [-0.3, -0.25) is 14.4 Å². The molecule has 33 heavy (non-hydrogen) atoms. The highest BCUT2D eigenvalue weighted by Gasteiger charge is 2.36. The molecule has 2 amide bonds. The maximum atomic E-state index is 13.0. The number of benzene rings is 1. The highest BCUT2D eigenvalue weighted by molar-refractivity contribution is 6.01. The predicted molar refractivity (Wildman–Crippen MR) is 127 cm³/mol. The highest BCUT2D eigenvalue weighted by atomic mass is 16.6. The average Bonchev–Trinajstić information content (AvgIpc) is 3.06. The molecule has 1 aliphatic rings. The van der Waals surface area contributed by atoms with Gasteiger partial charge >= 0.3 is 5.97 Å². The molecule has 0 bridgehead atoms. The van der Waals surface area contributed by atoms with Crippen LogP contribution in [0, 0.1) is 0 Å². The number of nitrogens with two attached hydrogens (primary N) is 1. The van der Waals surface area contributed by atoms with Gasteiger partial charge in [-0.25, -0.2) is 4.98 Å². The smallest absolute Gasteiger partial charge is 0.306 e. The minimum Gasteiger partial charge on any atom is -0.460 e. The average molecular weight is 450 g/mol. The molecule has 0 saturated carbocycles. The van der Waals surface area contributed by atoms with Gasteiger partial charge in [0.1, 0.15) is 11.6 Å². The summed E-state index contributed by atoms with van der Waals surface area (Å²) < 4.78 is 5.31. The summed E-state index contributed by atoms with van der Waals surface area (Å²) in [6, 6.07) is 10.5. The fraction of sp³-hybridized carbons (Fsp3) is 0.385. The van der Waals surface area contributed by atoms with Crippen molar-refractivity contribution in [2.24, 2.45) is 5.73 Å². The number of aromatic nitrogens is 1. The van der Waals surface area contributed by atoms with Crippen LogP contribution in [-0.4, -0.2) is 39.3 Å². The lowest BCUT2D eigenvalue weighted by molar-refractivity contribution is -0.155. The Morgan fingerprint density at radius 1 is 1.24 bits per heavy atom. The molecule has 1 aliphatic heterocycles. The largest absolute Gasteiger partial charge is 0.460 e. The van der Waals surface area contributed by atoms with Crippen molar-refractivity contribution in [1.29, 1.82) is 0 Å². The van der Waals surface area contributed by atoms with Crippen molar-refractivity contribution in [1.82, 2.24) is 9.88 Å². The Kier molecular flexibility index (Phi) is 7.31. The quantitative estimate of drug-likeness (QED) is 0.611. The van der Waals surface area contributed by atoms with Gasteiger partial charge in [0.25, 0.3) is 5.91 Å². The summed E-state index contributed by atoms with van der Waals surface area (Å²) in [5.41, 5.74) is 8.88. The lowest BCUT2D eigenvalue weighted by Crippen LogP contribution is -2.45. The first-order chi connectivity index (χ1) is 15.6. The van der Waals surface area contributed by atoms with E-state index in [1.807, 2.05) is 42.5 Å². The second kappa shape index (κ2) is 9.98. The molecule has 1 aromatic carbocycles. The first kappa shape index (κ1) is 24.2. The second-order valence-electron chi connectivity index (χ2n) is 9.11. The monoisotopic (exact) mass is 449 g/mol. The number of carbonyl (C=O) groups excluding carboxylic acids is 3. The van der Waals surface area contributed by atoms with Gasteiger partial charge in [0.2, 0.25) is 5.91 Å². The van der Waals surface area contributed by atoms with E-state index in [9.17, 15) is 14.4 Å². The number of carbonyl (C=O) groups is 3. The van der Waals surface area contributed by atoms with Crippen molar-refractivity contribution >= 4 is 23.9 Å². The predicted octanol–water partition coefficient (Wildman–Crippen LogP) is 4.10. The summed E-state index contributed by atoms with van der Waals surface area (Å²) in [5.74, 6) is -1.34. The van der Waals surface area contributed by atoms with Crippen molar-refractivity contribution in [2.75, 3.05) is 0 Å². The third kappa shape index (κ3) is 6.06. The van der Waals surface area contributed by atoms with Crippen LogP contribution >= 0.6 is 0 Å². The first-order valence-corrected chi connectivity index (χ1v) is 11.2. The van der Waals surface area contributed by atoms with Gasteiger partial charge in [-0.15, -0.1) is 0 Å². The number of hydrogen-bond acceptors (Lipinski definition) is 5. The van der Waals surface area contributed by atoms with Crippen LogP contribution < -0.4 is 5.73 Å². The van der Waals surface area contributed by atoms with Gasteiger partial charge in [0.05, 0.1) is 11.4 Å². The van der Waals surface area contributed by atoms with E-state index in [0.29, 0.717) is 5.56 Å². The molecule has 2 heterocycles. The number of rotatable bonds is 8. The second-order valence-corrected chi connectivity index (χ2v) is 9.11. The van der Waals surface area contributed by atoms with Crippen molar-refractivity contribution in [3.05, 3.63) is 59.3 Å². The highest BCUT2D eigenvalue weighted by Crippen LogP contribution is 2.30. The summed E-state index contributed by atoms with van der Waals surface area (Å²) in [6.45, 7) is 7.65. The van der Waals surface area contributed by atoms with E-state index in [4.69, 9.17) is 10.5 Å². The van der Waals surface area contributed by atoms with Crippen LogP contribution in [0.5, 0.6) is 0 Å². The number of primary amides is 1. The van der Waals surface area contributed by atoms with Crippen LogP contribution in [-0.2, 0) is 20.9 Å². The lowest BCUT2D eigenvalue weighted by Gasteiger charge is -2.25. The van der Waals surface area contributed by atoms with Gasteiger partial charge in [-0.2, -0.15) is 0 Å². The van der Waals surface area contributed by atoms with Gasteiger partial charge in [-0.05, 0) is 69.5 Å². The Bertz CT molecular complexity index is 1090. The summed E-state index contributed by atoms with van der Waals surface area (Å²) in [4.78, 5) is 43.4. The van der Waals surface area contributed by atoms with Crippen LogP contribution in [0.3, 0.4) is 0 Å². The number of ether oxygens (including phenoxy) is 1. The zero-order valence-electron chi connectivity index (χ0n) is 19.6. The normalized spacial score (nSPS) is 14.4. The molecule has 0 aliphatic carbocycles. The van der Waals surface area contributed by atoms with Crippen LogP contribution in [0.1, 0.15) is 68.6 Å². The lowest BCUT2D eigenvalue weighted by atomic mass is 10.0. The zero-order valence-corrected chi connectivity index (χ0v) is 19.6. The third-order valence-corrected chi connectivity index (χ3v) is 5.27. The summed E-state index contributed by atoms with van der Waals surface area (Å²) >= 11 is 0. The van der Waals surface area contributed by atoms with E-state index >= 15 is 0 Å². The fourth-order valence-electron chi connectivity index (χ4n) is 3.80. The Morgan fingerprint density at radius 2 is 2.00 bits per heavy atom. The molecule has 2 aromatic rings. The number of fused-ring (bicyclic) bond motifs is 1. The van der Waals surface area contributed by atoms with E-state index < -0.39 is 23.5 Å². The van der Waals surface area contributed by atoms with Crippen LogP contribution in [0.2, 0.25) is 0 Å². The van der Waals surface area contributed by atoms with Crippen molar-refractivity contribution in [3.63, 3.8) is 0 Å². The van der Waals surface area contributed by atoms with E-state index in [-0.39, 0.29) is 25.3 Å². The Morgan fingerprint density at radius 3 is 2.67 bits per heavy atom.